The van der Waals surface area contributed by atoms with Gasteiger partial charge in [0.1, 0.15) is 5.75 Å². The maximum absolute atomic E-state index is 9.34. The molecule has 13 heavy (non-hydrogen) atoms. The summed E-state index contributed by atoms with van der Waals surface area (Å²) in [5.41, 5.74) is 1.31. The fraction of sp³-hybridized carbons (Fsp3) is 0.455. The van der Waals surface area contributed by atoms with Crippen LogP contribution >= 0.6 is 11.8 Å². The lowest BCUT2D eigenvalue weighted by molar-refractivity contribution is 0.473. The van der Waals surface area contributed by atoms with Crippen molar-refractivity contribution in [1.29, 1.82) is 0 Å². The fourth-order valence-corrected chi connectivity index (χ4v) is 2.92. The minimum absolute atomic E-state index is 0.399. The summed E-state index contributed by atoms with van der Waals surface area (Å²) in [5, 5.41) is 9.34. The van der Waals surface area contributed by atoms with Gasteiger partial charge in [-0.1, -0.05) is 12.1 Å². The molecule has 1 aromatic rings. The van der Waals surface area contributed by atoms with Crippen molar-refractivity contribution in [2.45, 2.75) is 18.8 Å². The molecule has 0 spiro atoms. The number of aromatic hydroxyl groups is 1. The predicted molar refractivity (Wildman–Crippen MR) is 57.4 cm³/mol. The normalized spacial score (nSPS) is 18.8. The molecule has 0 atom stereocenters. The van der Waals surface area contributed by atoms with Crippen molar-refractivity contribution < 1.29 is 5.11 Å². The molecule has 1 N–H and O–H groups in total. The molecule has 1 nitrogen and oxygen atoms in total. The molecule has 1 heterocycles. The van der Waals surface area contributed by atoms with Crippen LogP contribution in [-0.4, -0.2) is 16.6 Å². The van der Waals surface area contributed by atoms with Gasteiger partial charge in [0.25, 0.3) is 0 Å². The van der Waals surface area contributed by atoms with Gasteiger partial charge in [-0.2, -0.15) is 11.8 Å². The van der Waals surface area contributed by atoms with E-state index in [0.29, 0.717) is 11.7 Å². The number of thioether (sulfide) groups is 1. The Labute approximate surface area is 83.2 Å². The highest BCUT2D eigenvalue weighted by Gasteiger charge is 2.15. The highest BCUT2D eigenvalue weighted by molar-refractivity contribution is 7.99. The Morgan fingerprint density at radius 2 is 2.00 bits per heavy atom. The summed E-state index contributed by atoms with van der Waals surface area (Å²) in [5.74, 6) is 3.60. The Morgan fingerprint density at radius 3 is 2.69 bits per heavy atom. The second-order valence-corrected chi connectivity index (χ2v) is 4.71. The van der Waals surface area contributed by atoms with Crippen LogP contribution < -0.4 is 0 Å². The molecule has 1 saturated heterocycles. The number of phenols is 1. The van der Waals surface area contributed by atoms with E-state index in [2.05, 4.69) is 6.07 Å². The second kappa shape index (κ2) is 4.05. The van der Waals surface area contributed by atoms with Crippen LogP contribution in [0.1, 0.15) is 24.3 Å². The van der Waals surface area contributed by atoms with Gasteiger partial charge < -0.3 is 5.11 Å². The standard InChI is InChI=1S/C11H14OS/c12-11-3-1-2-10(8-11)9-4-6-13-7-5-9/h1-3,8-9,12H,4-7H2. The van der Waals surface area contributed by atoms with Crippen LogP contribution in [0, 0.1) is 0 Å². The molecule has 1 fully saturated rings. The lowest BCUT2D eigenvalue weighted by atomic mass is 9.93. The molecule has 70 valence electrons. The highest BCUT2D eigenvalue weighted by Crippen LogP contribution is 2.32. The Bertz CT molecular complexity index is 279. The second-order valence-electron chi connectivity index (χ2n) is 3.48. The van der Waals surface area contributed by atoms with Crippen molar-refractivity contribution in [3.05, 3.63) is 29.8 Å². The lowest BCUT2D eigenvalue weighted by Crippen LogP contribution is -2.07. The molecular formula is C11H14OS. The van der Waals surface area contributed by atoms with Gasteiger partial charge >= 0.3 is 0 Å². The quantitative estimate of drug-likeness (QED) is 0.741. The van der Waals surface area contributed by atoms with E-state index in [9.17, 15) is 5.11 Å². The van der Waals surface area contributed by atoms with E-state index in [1.54, 1.807) is 6.07 Å². The van der Waals surface area contributed by atoms with Crippen molar-refractivity contribution in [3.8, 4) is 5.75 Å². The molecule has 2 heteroatoms. The molecule has 1 aliphatic heterocycles. The van der Waals surface area contributed by atoms with Crippen LogP contribution in [-0.2, 0) is 0 Å². The molecule has 0 radical (unpaired) electrons. The first-order valence-electron chi connectivity index (χ1n) is 4.73. The van der Waals surface area contributed by atoms with Crippen LogP contribution in [0.5, 0.6) is 5.75 Å². The fourth-order valence-electron chi connectivity index (χ4n) is 1.81. The van der Waals surface area contributed by atoms with Crippen LogP contribution in [0.15, 0.2) is 24.3 Å². The van der Waals surface area contributed by atoms with E-state index in [1.165, 1.54) is 29.9 Å². The van der Waals surface area contributed by atoms with Crippen LogP contribution in [0.2, 0.25) is 0 Å². The van der Waals surface area contributed by atoms with Crippen molar-refractivity contribution in [2.75, 3.05) is 11.5 Å². The summed E-state index contributed by atoms with van der Waals surface area (Å²) in [6.45, 7) is 0. The van der Waals surface area contributed by atoms with Gasteiger partial charge in [0.15, 0.2) is 0 Å². The molecule has 0 aromatic heterocycles. The number of hydrogen-bond donors (Lipinski definition) is 1. The summed E-state index contributed by atoms with van der Waals surface area (Å²) in [6.07, 6.45) is 2.52. The SMILES string of the molecule is Oc1cccc(C2CCSCC2)c1. The Kier molecular flexibility index (Phi) is 2.79. The van der Waals surface area contributed by atoms with E-state index >= 15 is 0 Å². The zero-order valence-corrected chi connectivity index (χ0v) is 8.39. The summed E-state index contributed by atoms with van der Waals surface area (Å²) >= 11 is 2.04. The average molecular weight is 194 g/mol. The summed E-state index contributed by atoms with van der Waals surface area (Å²) in [4.78, 5) is 0. The largest absolute Gasteiger partial charge is 0.508 e. The molecule has 0 bridgehead atoms. The zero-order chi connectivity index (χ0) is 9.10. The number of benzene rings is 1. The van der Waals surface area contributed by atoms with Gasteiger partial charge in [0.05, 0.1) is 0 Å². The third-order valence-electron chi connectivity index (χ3n) is 2.56. The van der Waals surface area contributed by atoms with E-state index in [4.69, 9.17) is 0 Å². The van der Waals surface area contributed by atoms with E-state index < -0.39 is 0 Å². The molecular weight excluding hydrogens is 180 g/mol. The first-order chi connectivity index (χ1) is 6.36. The van der Waals surface area contributed by atoms with E-state index in [0.717, 1.165) is 0 Å². The minimum atomic E-state index is 0.399. The summed E-state index contributed by atoms with van der Waals surface area (Å²) < 4.78 is 0. The van der Waals surface area contributed by atoms with Gasteiger partial charge in [-0.15, -0.1) is 0 Å². The predicted octanol–water partition coefficient (Wildman–Crippen LogP) is 3.00. The van der Waals surface area contributed by atoms with Crippen LogP contribution in [0.25, 0.3) is 0 Å². The van der Waals surface area contributed by atoms with Crippen molar-refractivity contribution in [1.82, 2.24) is 0 Å². The summed E-state index contributed by atoms with van der Waals surface area (Å²) in [7, 11) is 0. The number of phenolic OH excluding ortho intramolecular Hbond substituents is 1. The topological polar surface area (TPSA) is 20.2 Å². The first-order valence-corrected chi connectivity index (χ1v) is 5.88. The monoisotopic (exact) mass is 194 g/mol. The maximum Gasteiger partial charge on any atom is 0.115 e. The highest BCUT2D eigenvalue weighted by atomic mass is 32.2. The molecule has 0 unspecified atom stereocenters. The van der Waals surface area contributed by atoms with Gasteiger partial charge in [-0.25, -0.2) is 0 Å². The van der Waals surface area contributed by atoms with E-state index in [-0.39, 0.29) is 0 Å². The Hall–Kier alpha value is -0.630. The zero-order valence-electron chi connectivity index (χ0n) is 7.57. The average Bonchev–Trinajstić information content (AvgIpc) is 2.19. The molecule has 0 saturated carbocycles. The van der Waals surface area contributed by atoms with Crippen LogP contribution in [0.4, 0.5) is 0 Å². The van der Waals surface area contributed by atoms with Crippen molar-refractivity contribution in [3.63, 3.8) is 0 Å². The third kappa shape index (κ3) is 2.19. The first kappa shape index (κ1) is 8.95. The molecule has 0 amide bonds. The minimum Gasteiger partial charge on any atom is -0.508 e. The number of hydrogen-bond acceptors (Lipinski definition) is 2. The molecule has 1 aromatic carbocycles. The summed E-state index contributed by atoms with van der Waals surface area (Å²) in [6, 6.07) is 7.70. The third-order valence-corrected chi connectivity index (χ3v) is 3.61. The molecule has 2 rings (SSSR count). The number of rotatable bonds is 1. The molecule has 1 aliphatic rings. The molecule has 0 aliphatic carbocycles. The smallest absolute Gasteiger partial charge is 0.115 e. The maximum atomic E-state index is 9.34. The Morgan fingerprint density at radius 1 is 1.23 bits per heavy atom. The Balaban J connectivity index is 2.14. The van der Waals surface area contributed by atoms with Crippen molar-refractivity contribution >= 4 is 11.8 Å². The van der Waals surface area contributed by atoms with Gasteiger partial charge in [0.2, 0.25) is 0 Å². The van der Waals surface area contributed by atoms with Gasteiger partial charge in [0, 0.05) is 0 Å². The van der Waals surface area contributed by atoms with Crippen LogP contribution in [0.3, 0.4) is 0 Å². The lowest BCUT2D eigenvalue weighted by Gasteiger charge is -2.21. The van der Waals surface area contributed by atoms with Gasteiger partial charge in [-0.3, -0.25) is 0 Å². The van der Waals surface area contributed by atoms with Crippen molar-refractivity contribution in [2.24, 2.45) is 0 Å². The van der Waals surface area contributed by atoms with Gasteiger partial charge in [-0.05, 0) is 48.0 Å². The van der Waals surface area contributed by atoms with E-state index in [1.807, 2.05) is 23.9 Å².